The highest BCUT2D eigenvalue weighted by Gasteiger charge is 2.19. The molecule has 0 aliphatic heterocycles. The van der Waals surface area contributed by atoms with Gasteiger partial charge >= 0.3 is 17.9 Å². The predicted octanol–water partition coefficient (Wildman–Crippen LogP) is 24.6. The second-order valence-electron chi connectivity index (χ2n) is 23.4. The molecule has 6 nitrogen and oxygen atoms in total. The van der Waals surface area contributed by atoms with Crippen LogP contribution in [0.5, 0.6) is 0 Å². The molecule has 83 heavy (non-hydrogen) atoms. The first-order chi connectivity index (χ1) is 41.0. The number of hydrogen-bond acceptors (Lipinski definition) is 6. The first-order valence-corrected chi connectivity index (χ1v) is 35.4. The van der Waals surface area contributed by atoms with Crippen LogP contribution in [-0.4, -0.2) is 37.2 Å². The van der Waals surface area contributed by atoms with Crippen molar-refractivity contribution in [3.63, 3.8) is 0 Å². The fourth-order valence-electron chi connectivity index (χ4n) is 10.0. The Balaban J connectivity index is 4.21. The Morgan fingerprint density at radius 2 is 0.470 bits per heavy atom. The molecule has 0 radical (unpaired) electrons. The number of hydrogen-bond donors (Lipinski definition) is 0. The van der Waals surface area contributed by atoms with Crippen LogP contribution >= 0.6 is 0 Å². The Morgan fingerprint density at radius 1 is 0.253 bits per heavy atom. The summed E-state index contributed by atoms with van der Waals surface area (Å²) >= 11 is 0. The zero-order valence-electron chi connectivity index (χ0n) is 54.7. The SMILES string of the molecule is CC/C=C\C/C=C\C/C=C\C/C=C\C/C=C\C/C=C\C/C=C\C/C=C\C/C=C\CCCCCCCCCC(=O)OCC(COC(=O)CCCCCCCCCCCC)OC(=O)CCCCCCCCCCCCCCCCCCCCCC. The largest absolute Gasteiger partial charge is 0.462 e. The van der Waals surface area contributed by atoms with Gasteiger partial charge in [0.1, 0.15) is 13.2 Å². The molecule has 0 N–H and O–H groups in total. The molecular weight excluding hydrogens is 1020 g/mol. The van der Waals surface area contributed by atoms with Crippen LogP contribution in [0.25, 0.3) is 0 Å². The minimum atomic E-state index is -0.780. The average molecular weight is 1150 g/mol. The first-order valence-electron chi connectivity index (χ1n) is 35.4. The van der Waals surface area contributed by atoms with Gasteiger partial charge in [-0.15, -0.1) is 0 Å². The van der Waals surface area contributed by atoms with Crippen molar-refractivity contribution in [1.82, 2.24) is 0 Å². The second-order valence-corrected chi connectivity index (χ2v) is 23.4. The average Bonchev–Trinajstić information content (AvgIpc) is 3.49. The van der Waals surface area contributed by atoms with Gasteiger partial charge < -0.3 is 14.2 Å². The van der Waals surface area contributed by atoms with Gasteiger partial charge in [-0.05, 0) is 89.9 Å². The monoisotopic (exact) mass is 1150 g/mol. The number of ether oxygens (including phenoxy) is 3. The van der Waals surface area contributed by atoms with E-state index < -0.39 is 6.10 Å². The summed E-state index contributed by atoms with van der Waals surface area (Å²) in [6.07, 6.45) is 96.9. The van der Waals surface area contributed by atoms with Crippen LogP contribution in [0, 0.1) is 0 Å². The number of carbonyl (C=O) groups excluding carboxylic acids is 3. The molecule has 0 spiro atoms. The number of esters is 3. The highest BCUT2D eigenvalue weighted by Crippen LogP contribution is 2.17. The molecule has 476 valence electrons. The Kier molecular flexibility index (Phi) is 67.2. The number of allylic oxidation sites excluding steroid dienone is 18. The molecule has 6 heteroatoms. The summed E-state index contributed by atoms with van der Waals surface area (Å²) in [5.74, 6) is -0.874. The van der Waals surface area contributed by atoms with Crippen LogP contribution in [0.15, 0.2) is 109 Å². The van der Waals surface area contributed by atoms with Gasteiger partial charge in [0, 0.05) is 19.3 Å². The lowest BCUT2D eigenvalue weighted by atomic mass is 10.0. The molecule has 0 bridgehead atoms. The highest BCUT2D eigenvalue weighted by molar-refractivity contribution is 5.71. The van der Waals surface area contributed by atoms with Gasteiger partial charge in [0.25, 0.3) is 0 Å². The summed E-state index contributed by atoms with van der Waals surface area (Å²) in [6.45, 7) is 6.55. The van der Waals surface area contributed by atoms with Crippen molar-refractivity contribution in [3.05, 3.63) is 109 Å². The fourth-order valence-corrected chi connectivity index (χ4v) is 10.0. The summed E-state index contributed by atoms with van der Waals surface area (Å²) in [7, 11) is 0. The third-order valence-corrected chi connectivity index (χ3v) is 15.3. The van der Waals surface area contributed by atoms with Crippen molar-refractivity contribution in [3.8, 4) is 0 Å². The standard InChI is InChI=1S/C77H132O6/c1-4-7-10-13-16-19-22-24-26-28-30-32-33-34-35-36-37-38-39-40-41-42-43-44-45-46-48-49-51-53-55-58-61-64-67-70-76(79)82-73-74(72-81-75(78)69-66-63-60-57-21-18-15-12-9-6-3)83-77(80)71-68-65-62-59-56-54-52-50-47-31-29-27-25-23-20-17-14-11-8-5-2/h7,10,16,19,24,26,30,32,34-35,37-38,40-41,43-44,46,48,74H,4-6,8-9,11-15,17-18,20-23,25,27-29,31,33,36,39,42,45,47,49-73H2,1-3H3/b10-7-,19-16-,26-24-,32-30-,35-34-,38-37-,41-40-,44-43-,48-46-. The minimum absolute atomic E-state index is 0.0766. The number of unbranched alkanes of at least 4 members (excludes halogenated alkanes) is 35. The van der Waals surface area contributed by atoms with Crippen LogP contribution in [0.2, 0.25) is 0 Å². The molecule has 0 saturated carbocycles. The molecule has 0 saturated heterocycles. The summed E-state index contributed by atoms with van der Waals surface area (Å²) in [6, 6.07) is 0. The molecule has 0 heterocycles. The normalized spacial score (nSPS) is 12.8. The van der Waals surface area contributed by atoms with E-state index in [1.807, 2.05) is 0 Å². The number of rotatable bonds is 64. The molecule has 0 aliphatic rings. The highest BCUT2D eigenvalue weighted by atomic mass is 16.6. The molecule has 0 aliphatic carbocycles. The zero-order chi connectivity index (χ0) is 59.9. The van der Waals surface area contributed by atoms with E-state index >= 15 is 0 Å². The van der Waals surface area contributed by atoms with E-state index in [1.165, 1.54) is 180 Å². The fraction of sp³-hybridized carbons (Fsp3) is 0.727. The Bertz CT molecular complexity index is 1660. The molecule has 0 amide bonds. The number of carbonyl (C=O) groups is 3. The van der Waals surface area contributed by atoms with Gasteiger partial charge in [-0.2, -0.15) is 0 Å². The van der Waals surface area contributed by atoms with E-state index in [4.69, 9.17) is 14.2 Å². The molecule has 0 rings (SSSR count). The van der Waals surface area contributed by atoms with Crippen LogP contribution < -0.4 is 0 Å². The Labute approximate surface area is 514 Å². The lowest BCUT2D eigenvalue weighted by molar-refractivity contribution is -0.167. The van der Waals surface area contributed by atoms with Crippen LogP contribution in [0.1, 0.15) is 342 Å². The lowest BCUT2D eigenvalue weighted by Gasteiger charge is -2.18. The van der Waals surface area contributed by atoms with Gasteiger partial charge in [-0.25, -0.2) is 0 Å². The Morgan fingerprint density at radius 3 is 0.735 bits per heavy atom. The van der Waals surface area contributed by atoms with E-state index in [-0.39, 0.29) is 31.1 Å². The van der Waals surface area contributed by atoms with E-state index in [1.54, 1.807) is 0 Å². The van der Waals surface area contributed by atoms with Crippen LogP contribution in [0.3, 0.4) is 0 Å². The van der Waals surface area contributed by atoms with Crippen LogP contribution in [0.4, 0.5) is 0 Å². The van der Waals surface area contributed by atoms with Gasteiger partial charge in [-0.3, -0.25) is 14.4 Å². The molecule has 0 fully saturated rings. The van der Waals surface area contributed by atoms with Gasteiger partial charge in [-0.1, -0.05) is 342 Å². The first kappa shape index (κ1) is 79.1. The van der Waals surface area contributed by atoms with Crippen molar-refractivity contribution in [1.29, 1.82) is 0 Å². The van der Waals surface area contributed by atoms with Gasteiger partial charge in [0.15, 0.2) is 6.10 Å². The summed E-state index contributed by atoms with van der Waals surface area (Å²) in [5, 5.41) is 0. The van der Waals surface area contributed by atoms with E-state index in [9.17, 15) is 14.4 Å². The molecular formula is C77H132O6. The van der Waals surface area contributed by atoms with E-state index in [2.05, 4.69) is 130 Å². The summed E-state index contributed by atoms with van der Waals surface area (Å²) in [5.41, 5.74) is 0. The lowest BCUT2D eigenvalue weighted by Crippen LogP contribution is -2.30. The maximum Gasteiger partial charge on any atom is 0.306 e. The zero-order valence-corrected chi connectivity index (χ0v) is 54.7. The van der Waals surface area contributed by atoms with Crippen molar-refractivity contribution in [2.45, 2.75) is 348 Å². The van der Waals surface area contributed by atoms with Crippen molar-refractivity contribution < 1.29 is 28.6 Å². The topological polar surface area (TPSA) is 78.9 Å². The third kappa shape index (κ3) is 68.7. The van der Waals surface area contributed by atoms with Gasteiger partial charge in [0.2, 0.25) is 0 Å². The molecule has 0 aromatic rings. The van der Waals surface area contributed by atoms with Gasteiger partial charge in [0.05, 0.1) is 0 Å². The minimum Gasteiger partial charge on any atom is -0.462 e. The second kappa shape index (κ2) is 70.6. The van der Waals surface area contributed by atoms with Crippen molar-refractivity contribution in [2.24, 2.45) is 0 Å². The van der Waals surface area contributed by atoms with E-state index in [0.717, 1.165) is 122 Å². The Hall–Kier alpha value is -3.93. The predicted molar refractivity (Wildman–Crippen MR) is 362 cm³/mol. The van der Waals surface area contributed by atoms with Crippen molar-refractivity contribution >= 4 is 17.9 Å². The summed E-state index contributed by atoms with van der Waals surface area (Å²) < 4.78 is 16.9. The molecule has 0 aromatic carbocycles. The van der Waals surface area contributed by atoms with Crippen molar-refractivity contribution in [2.75, 3.05) is 13.2 Å². The quantitative estimate of drug-likeness (QED) is 0.0261. The molecule has 1 atom stereocenters. The van der Waals surface area contributed by atoms with E-state index in [0.29, 0.717) is 19.3 Å². The smallest absolute Gasteiger partial charge is 0.306 e. The van der Waals surface area contributed by atoms with Crippen LogP contribution in [-0.2, 0) is 28.6 Å². The maximum absolute atomic E-state index is 12.9. The molecule has 0 aromatic heterocycles. The maximum atomic E-state index is 12.9. The summed E-state index contributed by atoms with van der Waals surface area (Å²) in [4.78, 5) is 38.3. The third-order valence-electron chi connectivity index (χ3n) is 15.3. The molecule has 1 unspecified atom stereocenters.